The number of hydrogen-bond acceptors (Lipinski definition) is 4. The molecule has 3 atom stereocenters. The summed E-state index contributed by atoms with van der Waals surface area (Å²) < 4.78 is 11.2. The highest BCUT2D eigenvalue weighted by Crippen LogP contribution is 2.47. The molecule has 152 valence electrons. The van der Waals surface area contributed by atoms with Crippen molar-refractivity contribution in [2.24, 2.45) is 5.92 Å². The van der Waals surface area contributed by atoms with Gasteiger partial charge in [0, 0.05) is 24.1 Å². The lowest BCUT2D eigenvalue weighted by molar-refractivity contribution is -0.110. The summed E-state index contributed by atoms with van der Waals surface area (Å²) in [6, 6.07) is 15.5. The highest BCUT2D eigenvalue weighted by molar-refractivity contribution is 5.95. The molecule has 2 aliphatic heterocycles. The summed E-state index contributed by atoms with van der Waals surface area (Å²) in [5.74, 6) is 1.42. The first kappa shape index (κ1) is 18.5. The summed E-state index contributed by atoms with van der Waals surface area (Å²) in [4.78, 5) is 15.4. The maximum atomic E-state index is 13.4. The Kier molecular flexibility index (Phi) is 4.70. The van der Waals surface area contributed by atoms with Gasteiger partial charge in [-0.3, -0.25) is 4.79 Å². The molecule has 1 amide bonds. The summed E-state index contributed by atoms with van der Waals surface area (Å²) in [6.45, 7) is 1.59. The molecule has 1 saturated heterocycles. The summed E-state index contributed by atoms with van der Waals surface area (Å²) in [7, 11) is 0. The Morgan fingerprint density at radius 3 is 2.59 bits per heavy atom. The Balaban J connectivity index is 1.44. The maximum absolute atomic E-state index is 13.4. The molecule has 1 aliphatic carbocycles. The molecule has 5 nitrogen and oxygen atoms in total. The third kappa shape index (κ3) is 3.18. The molecule has 29 heavy (non-hydrogen) atoms. The highest BCUT2D eigenvalue weighted by atomic mass is 16.6. The molecule has 1 saturated carbocycles. The summed E-state index contributed by atoms with van der Waals surface area (Å²) in [5.41, 5.74) is 0.739. The predicted molar refractivity (Wildman–Crippen MR) is 109 cm³/mol. The normalized spacial score (nSPS) is 28.5. The van der Waals surface area contributed by atoms with E-state index >= 15 is 0 Å². The number of carbonyl (C=O) groups excluding carboxylic acids is 1. The van der Waals surface area contributed by atoms with Gasteiger partial charge < -0.3 is 19.5 Å². The Morgan fingerprint density at radius 1 is 1.00 bits per heavy atom. The second kappa shape index (κ2) is 7.38. The number of ether oxygens (including phenoxy) is 2. The Labute approximate surface area is 171 Å². The van der Waals surface area contributed by atoms with E-state index in [2.05, 4.69) is 0 Å². The van der Waals surface area contributed by atoms with Gasteiger partial charge in [-0.2, -0.15) is 0 Å². The van der Waals surface area contributed by atoms with Crippen molar-refractivity contribution in [3.63, 3.8) is 0 Å². The van der Waals surface area contributed by atoms with Crippen LogP contribution in [0.15, 0.2) is 48.5 Å². The van der Waals surface area contributed by atoms with Crippen LogP contribution in [-0.2, 0) is 5.60 Å². The third-order valence-electron chi connectivity index (χ3n) is 6.80. The smallest absolute Gasteiger partial charge is 0.254 e. The topological polar surface area (TPSA) is 59.0 Å². The molecule has 3 aliphatic rings. The van der Waals surface area contributed by atoms with E-state index in [0.29, 0.717) is 43.2 Å². The summed E-state index contributed by atoms with van der Waals surface area (Å²) >= 11 is 0. The van der Waals surface area contributed by atoms with Gasteiger partial charge in [0.05, 0.1) is 5.60 Å². The Hall–Kier alpha value is -2.53. The molecule has 2 heterocycles. The average Bonchev–Trinajstić information content (AvgIpc) is 2.79. The van der Waals surface area contributed by atoms with Gasteiger partial charge in [-0.05, 0) is 43.0 Å². The fourth-order valence-corrected chi connectivity index (χ4v) is 5.36. The van der Waals surface area contributed by atoms with E-state index in [4.69, 9.17) is 9.47 Å². The first-order chi connectivity index (χ1) is 14.2. The van der Waals surface area contributed by atoms with Crippen LogP contribution in [0.2, 0.25) is 0 Å². The first-order valence-electron chi connectivity index (χ1n) is 10.7. The minimum Gasteiger partial charge on any atom is -0.486 e. The molecule has 0 aromatic heterocycles. The third-order valence-corrected chi connectivity index (χ3v) is 6.80. The van der Waals surface area contributed by atoms with Gasteiger partial charge >= 0.3 is 0 Å². The first-order valence-corrected chi connectivity index (χ1v) is 10.7. The zero-order chi connectivity index (χ0) is 19.8. The number of fused-ring (bicyclic) bond motifs is 2. The fourth-order valence-electron chi connectivity index (χ4n) is 5.36. The van der Waals surface area contributed by atoms with Crippen molar-refractivity contribution in [3.8, 4) is 11.5 Å². The van der Waals surface area contributed by atoms with E-state index in [0.717, 1.165) is 31.2 Å². The largest absolute Gasteiger partial charge is 0.486 e. The van der Waals surface area contributed by atoms with E-state index in [1.165, 1.54) is 0 Å². The molecule has 2 aromatic rings. The summed E-state index contributed by atoms with van der Waals surface area (Å²) in [5, 5.41) is 11.7. The minimum atomic E-state index is -0.865. The maximum Gasteiger partial charge on any atom is 0.254 e. The number of piperidine rings is 1. The number of rotatable bonds is 2. The lowest BCUT2D eigenvalue weighted by Gasteiger charge is -2.52. The van der Waals surface area contributed by atoms with Crippen molar-refractivity contribution in [2.75, 3.05) is 19.8 Å². The number of amides is 1. The van der Waals surface area contributed by atoms with Crippen LogP contribution >= 0.6 is 0 Å². The van der Waals surface area contributed by atoms with Crippen LogP contribution in [0.5, 0.6) is 11.5 Å². The molecule has 2 aromatic carbocycles. The molecule has 0 bridgehead atoms. The van der Waals surface area contributed by atoms with Gasteiger partial charge in [0.1, 0.15) is 13.2 Å². The number of hydrogen-bond donors (Lipinski definition) is 1. The molecule has 5 heteroatoms. The molecule has 0 spiro atoms. The molecule has 5 rings (SSSR count). The van der Waals surface area contributed by atoms with Gasteiger partial charge in [-0.25, -0.2) is 0 Å². The van der Waals surface area contributed by atoms with Crippen molar-refractivity contribution >= 4 is 5.91 Å². The molecule has 2 fully saturated rings. The number of benzene rings is 2. The standard InChI is InChI=1S/C24H27NO4/c26-23(17-10-11-21-22(16-17)29-15-14-28-21)25-13-12-24(27,18-6-2-1-3-7-18)19-8-4-5-9-20(19)25/h1-3,6-7,10-11,16,19-20,27H,4-5,8-9,12-15H2/t19-,20-,24?/m1/s1. The molecule has 0 radical (unpaired) electrons. The van der Waals surface area contributed by atoms with Crippen LogP contribution in [0.1, 0.15) is 48.0 Å². The van der Waals surface area contributed by atoms with Crippen LogP contribution < -0.4 is 9.47 Å². The van der Waals surface area contributed by atoms with E-state index in [1.807, 2.05) is 47.4 Å². The van der Waals surface area contributed by atoms with E-state index < -0.39 is 5.60 Å². The summed E-state index contributed by atoms with van der Waals surface area (Å²) in [6.07, 6.45) is 4.64. The van der Waals surface area contributed by atoms with E-state index in [9.17, 15) is 9.90 Å². The monoisotopic (exact) mass is 393 g/mol. The van der Waals surface area contributed by atoms with Gasteiger partial charge in [0.25, 0.3) is 5.91 Å². The van der Waals surface area contributed by atoms with Crippen LogP contribution in [0.4, 0.5) is 0 Å². The second-order valence-electron chi connectivity index (χ2n) is 8.36. The lowest BCUT2D eigenvalue weighted by atomic mass is 9.66. The molecular weight excluding hydrogens is 366 g/mol. The lowest BCUT2D eigenvalue weighted by Crippen LogP contribution is -2.59. The van der Waals surface area contributed by atoms with Crippen molar-refractivity contribution in [2.45, 2.75) is 43.7 Å². The quantitative estimate of drug-likeness (QED) is 0.844. The van der Waals surface area contributed by atoms with Crippen LogP contribution in [0.25, 0.3) is 0 Å². The molecular formula is C24H27NO4. The van der Waals surface area contributed by atoms with E-state index in [-0.39, 0.29) is 17.9 Å². The number of aliphatic hydroxyl groups is 1. The fraction of sp³-hybridized carbons (Fsp3) is 0.458. The number of nitrogens with zero attached hydrogens (tertiary/aromatic N) is 1. The van der Waals surface area contributed by atoms with Crippen LogP contribution in [0.3, 0.4) is 0 Å². The SMILES string of the molecule is O=C(c1ccc2c(c1)OCCO2)N1CCC(O)(c2ccccc2)[C@@H]2CCCC[C@H]21. The van der Waals surface area contributed by atoms with E-state index in [1.54, 1.807) is 6.07 Å². The molecule has 1 unspecified atom stereocenters. The van der Waals surface area contributed by atoms with Crippen molar-refractivity contribution in [1.29, 1.82) is 0 Å². The predicted octanol–water partition coefficient (Wildman–Crippen LogP) is 3.75. The number of likely N-dealkylation sites (tertiary alicyclic amines) is 1. The highest BCUT2D eigenvalue weighted by Gasteiger charge is 2.50. The second-order valence-corrected chi connectivity index (χ2v) is 8.36. The van der Waals surface area contributed by atoms with Crippen LogP contribution in [-0.4, -0.2) is 41.7 Å². The van der Waals surface area contributed by atoms with Gasteiger partial charge in [-0.15, -0.1) is 0 Å². The van der Waals surface area contributed by atoms with Crippen molar-refractivity contribution < 1.29 is 19.4 Å². The van der Waals surface area contributed by atoms with Gasteiger partial charge in [0.2, 0.25) is 0 Å². The minimum absolute atomic E-state index is 0.0222. The Morgan fingerprint density at radius 2 is 1.76 bits per heavy atom. The van der Waals surface area contributed by atoms with Crippen molar-refractivity contribution in [3.05, 3.63) is 59.7 Å². The number of carbonyl (C=O) groups is 1. The van der Waals surface area contributed by atoms with Gasteiger partial charge in [0.15, 0.2) is 11.5 Å². The zero-order valence-electron chi connectivity index (χ0n) is 16.5. The van der Waals surface area contributed by atoms with Gasteiger partial charge in [-0.1, -0.05) is 43.2 Å². The average molecular weight is 393 g/mol. The Bertz CT molecular complexity index is 899. The van der Waals surface area contributed by atoms with Crippen LogP contribution in [0, 0.1) is 5.92 Å². The molecule has 1 N–H and O–H groups in total. The van der Waals surface area contributed by atoms with Crippen molar-refractivity contribution in [1.82, 2.24) is 4.90 Å². The zero-order valence-corrected chi connectivity index (χ0v) is 16.5.